The predicted octanol–water partition coefficient (Wildman–Crippen LogP) is 4.56. The zero-order valence-corrected chi connectivity index (χ0v) is 18.1. The number of nitrogens with one attached hydrogen (secondary N) is 2. The lowest BCUT2D eigenvalue weighted by atomic mass is 9.91. The number of rotatable bonds is 5. The highest BCUT2D eigenvalue weighted by atomic mass is 35.5. The molecular formula is C21H24ClN5OS. The van der Waals surface area contributed by atoms with E-state index in [9.17, 15) is 4.79 Å². The van der Waals surface area contributed by atoms with E-state index >= 15 is 0 Å². The maximum atomic E-state index is 12.3. The Morgan fingerprint density at radius 2 is 1.79 bits per heavy atom. The van der Waals surface area contributed by atoms with Crippen LogP contribution in [-0.4, -0.2) is 42.1 Å². The summed E-state index contributed by atoms with van der Waals surface area (Å²) in [7, 11) is 3.99. The fourth-order valence-corrected chi connectivity index (χ4v) is 4.67. The first-order chi connectivity index (χ1) is 14.0. The summed E-state index contributed by atoms with van der Waals surface area (Å²) in [5.41, 5.74) is 0.934. The van der Waals surface area contributed by atoms with Crippen LogP contribution in [-0.2, 0) is 0 Å². The van der Waals surface area contributed by atoms with Gasteiger partial charge in [-0.05, 0) is 49.9 Å². The highest BCUT2D eigenvalue weighted by Crippen LogP contribution is 2.27. The smallest absolute Gasteiger partial charge is 0.261 e. The lowest BCUT2D eigenvalue weighted by Gasteiger charge is -2.29. The van der Waals surface area contributed by atoms with Gasteiger partial charge in [-0.1, -0.05) is 23.7 Å². The monoisotopic (exact) mass is 429 g/mol. The molecule has 0 aliphatic heterocycles. The summed E-state index contributed by atoms with van der Waals surface area (Å²) < 4.78 is 0.635. The molecule has 152 valence electrons. The number of hydrogen-bond donors (Lipinski definition) is 2. The van der Waals surface area contributed by atoms with Gasteiger partial charge in [0.1, 0.15) is 5.82 Å². The summed E-state index contributed by atoms with van der Waals surface area (Å²) in [6.45, 7) is 0. The number of nitrogens with zero attached hydrogens (tertiary/aromatic N) is 3. The van der Waals surface area contributed by atoms with Gasteiger partial charge in [-0.2, -0.15) is 4.98 Å². The molecule has 1 fully saturated rings. The van der Waals surface area contributed by atoms with E-state index in [1.807, 2.05) is 43.3 Å². The Hall–Kier alpha value is -2.38. The standard InChI is InChI=1S/C21H24ClN5OS/c1-27(2)19-15-5-3-4-6-16(15)25-21(26-19)24-14-9-7-13(8-10-14)23-20(28)17-11-12-18(22)29-17/h3-6,11-14H,7-10H2,1-2H3,(H,23,28)(H,24,25,26)/t13-,14+. The van der Waals surface area contributed by atoms with Crippen LogP contribution < -0.4 is 15.5 Å². The van der Waals surface area contributed by atoms with Gasteiger partial charge >= 0.3 is 0 Å². The van der Waals surface area contributed by atoms with E-state index in [1.54, 1.807) is 12.1 Å². The number of carbonyl (C=O) groups excluding carboxylic acids is 1. The second-order valence-corrected chi connectivity index (χ2v) is 9.27. The Bertz CT molecular complexity index is 1010. The molecule has 0 bridgehead atoms. The van der Waals surface area contributed by atoms with Crippen LogP contribution in [0.1, 0.15) is 35.4 Å². The van der Waals surface area contributed by atoms with Gasteiger partial charge in [-0.3, -0.25) is 4.79 Å². The molecule has 1 aliphatic rings. The van der Waals surface area contributed by atoms with Crippen LogP contribution in [0.25, 0.3) is 10.9 Å². The van der Waals surface area contributed by atoms with Gasteiger partial charge in [0.05, 0.1) is 14.7 Å². The zero-order valence-electron chi connectivity index (χ0n) is 16.5. The molecule has 0 radical (unpaired) electrons. The Kier molecular flexibility index (Phi) is 5.87. The average Bonchev–Trinajstić information content (AvgIpc) is 3.15. The maximum absolute atomic E-state index is 12.3. The highest BCUT2D eigenvalue weighted by Gasteiger charge is 2.24. The third-order valence-corrected chi connectivity index (χ3v) is 6.43. The largest absolute Gasteiger partial charge is 0.362 e. The van der Waals surface area contributed by atoms with Gasteiger partial charge in [0, 0.05) is 31.6 Å². The minimum Gasteiger partial charge on any atom is -0.362 e. The van der Waals surface area contributed by atoms with Crippen molar-refractivity contribution in [3.05, 3.63) is 45.6 Å². The van der Waals surface area contributed by atoms with Crippen LogP contribution in [0.5, 0.6) is 0 Å². The molecule has 6 nitrogen and oxygen atoms in total. The minimum atomic E-state index is -0.0354. The third-order valence-electron chi connectivity index (χ3n) is 5.20. The Morgan fingerprint density at radius 3 is 2.48 bits per heavy atom. The summed E-state index contributed by atoms with van der Waals surface area (Å²) in [5.74, 6) is 1.54. The number of thiophene rings is 1. The Labute approximate surface area is 179 Å². The molecule has 8 heteroatoms. The van der Waals surface area contributed by atoms with Gasteiger partial charge in [0.25, 0.3) is 5.91 Å². The van der Waals surface area contributed by atoms with E-state index in [-0.39, 0.29) is 11.9 Å². The Balaban J connectivity index is 1.38. The number of carbonyl (C=O) groups is 1. The topological polar surface area (TPSA) is 70.2 Å². The first-order valence-corrected chi connectivity index (χ1v) is 11.0. The van der Waals surface area contributed by atoms with Crippen LogP contribution in [0, 0.1) is 0 Å². The van der Waals surface area contributed by atoms with Crippen molar-refractivity contribution >= 4 is 51.5 Å². The number of aromatic nitrogens is 2. The normalized spacial score (nSPS) is 19.1. The van der Waals surface area contributed by atoms with E-state index in [0.29, 0.717) is 21.2 Å². The minimum absolute atomic E-state index is 0.0354. The van der Waals surface area contributed by atoms with Crippen molar-refractivity contribution in [1.29, 1.82) is 0 Å². The fourth-order valence-electron chi connectivity index (χ4n) is 3.72. The quantitative estimate of drug-likeness (QED) is 0.622. The van der Waals surface area contributed by atoms with Gasteiger partial charge in [-0.15, -0.1) is 11.3 Å². The fraction of sp³-hybridized carbons (Fsp3) is 0.381. The molecule has 2 heterocycles. The van der Waals surface area contributed by atoms with E-state index < -0.39 is 0 Å². The van der Waals surface area contributed by atoms with Crippen molar-refractivity contribution in [2.75, 3.05) is 24.3 Å². The van der Waals surface area contributed by atoms with E-state index in [1.165, 1.54) is 11.3 Å². The number of benzene rings is 1. The van der Waals surface area contributed by atoms with Crippen molar-refractivity contribution in [2.24, 2.45) is 0 Å². The SMILES string of the molecule is CN(C)c1nc(N[C@H]2CC[C@@H](NC(=O)c3ccc(Cl)s3)CC2)nc2ccccc12. The molecule has 1 saturated carbocycles. The van der Waals surface area contributed by atoms with E-state index in [2.05, 4.69) is 10.6 Å². The van der Waals surface area contributed by atoms with Crippen LogP contribution in [0.15, 0.2) is 36.4 Å². The van der Waals surface area contributed by atoms with Crippen molar-refractivity contribution in [3.8, 4) is 0 Å². The number of fused-ring (bicyclic) bond motifs is 1. The first kappa shape index (κ1) is 19.9. The van der Waals surface area contributed by atoms with Gasteiger partial charge in [0.15, 0.2) is 0 Å². The molecule has 1 amide bonds. The molecule has 2 N–H and O–H groups in total. The molecule has 4 rings (SSSR count). The molecule has 1 aromatic carbocycles. The summed E-state index contributed by atoms with van der Waals surface area (Å²) in [5, 5.41) is 7.67. The molecule has 0 atom stereocenters. The highest BCUT2D eigenvalue weighted by molar-refractivity contribution is 7.18. The maximum Gasteiger partial charge on any atom is 0.261 e. The molecular weight excluding hydrogens is 406 g/mol. The number of hydrogen-bond acceptors (Lipinski definition) is 6. The summed E-state index contributed by atoms with van der Waals surface area (Å²) in [6.07, 6.45) is 3.78. The van der Waals surface area contributed by atoms with Crippen molar-refractivity contribution < 1.29 is 4.79 Å². The van der Waals surface area contributed by atoms with Gasteiger partial charge < -0.3 is 15.5 Å². The predicted molar refractivity (Wildman–Crippen MR) is 120 cm³/mol. The zero-order chi connectivity index (χ0) is 20.4. The molecule has 2 aromatic heterocycles. The van der Waals surface area contributed by atoms with E-state index in [0.717, 1.165) is 42.4 Å². The van der Waals surface area contributed by atoms with Crippen molar-refractivity contribution in [2.45, 2.75) is 37.8 Å². The molecule has 0 saturated heterocycles. The summed E-state index contributed by atoms with van der Waals surface area (Å²) >= 11 is 7.24. The van der Waals surface area contributed by atoms with Crippen molar-refractivity contribution in [3.63, 3.8) is 0 Å². The Morgan fingerprint density at radius 1 is 1.07 bits per heavy atom. The van der Waals surface area contributed by atoms with Crippen molar-refractivity contribution in [1.82, 2.24) is 15.3 Å². The number of amides is 1. The van der Waals surface area contributed by atoms with Crippen LogP contribution in [0.3, 0.4) is 0 Å². The van der Waals surface area contributed by atoms with Crippen LogP contribution in [0.4, 0.5) is 11.8 Å². The van der Waals surface area contributed by atoms with Crippen LogP contribution in [0.2, 0.25) is 4.34 Å². The number of para-hydroxylation sites is 1. The van der Waals surface area contributed by atoms with Gasteiger partial charge in [-0.25, -0.2) is 4.98 Å². The second kappa shape index (κ2) is 8.55. The number of halogens is 1. The molecule has 0 unspecified atom stereocenters. The first-order valence-electron chi connectivity index (χ1n) is 9.76. The molecule has 1 aliphatic carbocycles. The number of anilines is 2. The van der Waals surface area contributed by atoms with Crippen LogP contribution >= 0.6 is 22.9 Å². The van der Waals surface area contributed by atoms with Gasteiger partial charge in [0.2, 0.25) is 5.95 Å². The molecule has 0 spiro atoms. The summed E-state index contributed by atoms with van der Waals surface area (Å²) in [4.78, 5) is 24.4. The lowest BCUT2D eigenvalue weighted by Crippen LogP contribution is -2.40. The molecule has 29 heavy (non-hydrogen) atoms. The summed E-state index contributed by atoms with van der Waals surface area (Å²) in [6, 6.07) is 12.1. The second-order valence-electron chi connectivity index (χ2n) is 7.55. The molecule has 3 aromatic rings. The third kappa shape index (κ3) is 4.62. The average molecular weight is 430 g/mol. The lowest BCUT2D eigenvalue weighted by molar-refractivity contribution is 0.0930. The van der Waals surface area contributed by atoms with E-state index in [4.69, 9.17) is 21.6 Å².